The van der Waals surface area contributed by atoms with Gasteiger partial charge in [0.1, 0.15) is 11.5 Å². The molecular weight excluding hydrogens is 578 g/mol. The van der Waals surface area contributed by atoms with Crippen LogP contribution in [0.15, 0.2) is 108 Å². The van der Waals surface area contributed by atoms with Crippen LogP contribution in [0.2, 0.25) is 0 Å². The fraction of sp³-hybridized carbons (Fsp3) is 0.100. The third kappa shape index (κ3) is 8.66. The minimum Gasteiger partial charge on any atom is -0.492 e. The second kappa shape index (κ2) is 14.1. The Bertz CT molecular complexity index is 1420. The zero-order chi connectivity index (χ0) is 27.5. The van der Waals surface area contributed by atoms with Crippen LogP contribution < -0.4 is 25.6 Å². The van der Waals surface area contributed by atoms with Crippen LogP contribution in [0.3, 0.4) is 0 Å². The molecule has 0 saturated carbocycles. The van der Waals surface area contributed by atoms with Crippen molar-refractivity contribution in [1.29, 1.82) is 0 Å². The van der Waals surface area contributed by atoms with Crippen LogP contribution in [0.25, 0.3) is 11.1 Å². The molecule has 0 aliphatic rings. The molecule has 39 heavy (non-hydrogen) atoms. The lowest BCUT2D eigenvalue weighted by atomic mass is 10.1. The molecule has 0 aliphatic carbocycles. The van der Waals surface area contributed by atoms with Gasteiger partial charge in [0.25, 0.3) is 11.8 Å². The van der Waals surface area contributed by atoms with Crippen molar-refractivity contribution in [3.8, 4) is 22.6 Å². The lowest BCUT2D eigenvalue weighted by Gasteiger charge is -2.14. The topological polar surface area (TPSA) is 88.7 Å². The molecule has 4 aromatic carbocycles. The maximum absolute atomic E-state index is 12.9. The molecule has 2 amide bonds. The van der Waals surface area contributed by atoms with Crippen molar-refractivity contribution < 1.29 is 19.1 Å². The Morgan fingerprint density at radius 2 is 1.44 bits per heavy atom. The van der Waals surface area contributed by atoms with Gasteiger partial charge in [-0.3, -0.25) is 25.8 Å². The summed E-state index contributed by atoms with van der Waals surface area (Å²) in [5, 5.41) is 2.47. The highest BCUT2D eigenvalue weighted by molar-refractivity contribution is 9.10. The number of hydrazine groups is 1. The zero-order valence-corrected chi connectivity index (χ0v) is 23.3. The van der Waals surface area contributed by atoms with Crippen molar-refractivity contribution in [2.24, 2.45) is 0 Å². The van der Waals surface area contributed by atoms with Gasteiger partial charge in [0.2, 0.25) is 0 Å². The first-order chi connectivity index (χ1) is 19.0. The molecule has 9 heteroatoms. The Morgan fingerprint density at radius 1 is 0.769 bits per heavy atom. The predicted molar refractivity (Wildman–Crippen MR) is 158 cm³/mol. The highest BCUT2D eigenvalue weighted by atomic mass is 79.9. The van der Waals surface area contributed by atoms with E-state index in [4.69, 9.17) is 21.7 Å². The molecule has 0 radical (unpaired) electrons. The van der Waals surface area contributed by atoms with Gasteiger partial charge >= 0.3 is 0 Å². The number of amides is 2. The summed E-state index contributed by atoms with van der Waals surface area (Å²) < 4.78 is 12.1. The molecule has 0 fully saturated rings. The summed E-state index contributed by atoms with van der Waals surface area (Å²) in [7, 11) is 0. The number of carbonyl (C=O) groups excluding carboxylic acids is 2. The number of hydrogen-bond donors (Lipinski definition) is 3. The molecule has 0 bridgehead atoms. The monoisotopic (exact) mass is 603 g/mol. The van der Waals surface area contributed by atoms with Crippen LogP contribution in [0.4, 0.5) is 0 Å². The number of halogens is 1. The Labute approximate surface area is 240 Å². The van der Waals surface area contributed by atoms with Crippen LogP contribution in [0.1, 0.15) is 15.9 Å². The Kier molecular flexibility index (Phi) is 10.0. The van der Waals surface area contributed by atoms with Crippen LogP contribution in [0, 0.1) is 0 Å². The fourth-order valence-corrected chi connectivity index (χ4v) is 4.12. The highest BCUT2D eigenvalue weighted by Crippen LogP contribution is 2.24. The molecule has 7 nitrogen and oxygen atoms in total. The number of hydrogen-bond acceptors (Lipinski definition) is 5. The lowest BCUT2D eigenvalue weighted by Crippen LogP contribution is -2.49. The smallest absolute Gasteiger partial charge is 0.276 e. The van der Waals surface area contributed by atoms with Gasteiger partial charge in [-0.2, -0.15) is 0 Å². The zero-order valence-electron chi connectivity index (χ0n) is 20.9. The molecule has 0 atom stereocenters. The van der Waals surface area contributed by atoms with E-state index in [1.807, 2.05) is 72.8 Å². The van der Waals surface area contributed by atoms with Crippen molar-refractivity contribution >= 4 is 45.1 Å². The minimum absolute atomic E-state index is 0.0734. The van der Waals surface area contributed by atoms with E-state index in [1.165, 1.54) is 0 Å². The molecular formula is C30H26BrN3O4S. The van der Waals surface area contributed by atoms with E-state index >= 15 is 0 Å². The van der Waals surface area contributed by atoms with E-state index < -0.39 is 11.8 Å². The Hall–Kier alpha value is -4.21. The highest BCUT2D eigenvalue weighted by Gasteiger charge is 2.15. The van der Waals surface area contributed by atoms with E-state index in [2.05, 4.69) is 32.1 Å². The van der Waals surface area contributed by atoms with Gasteiger partial charge in [-0.25, -0.2) is 0 Å². The molecule has 4 rings (SSSR count). The number of benzene rings is 4. The van der Waals surface area contributed by atoms with Crippen LogP contribution >= 0.6 is 28.1 Å². The minimum atomic E-state index is -0.479. The molecule has 0 heterocycles. The van der Waals surface area contributed by atoms with Crippen molar-refractivity contribution in [2.75, 3.05) is 13.2 Å². The molecule has 0 aromatic heterocycles. The van der Waals surface area contributed by atoms with E-state index in [0.717, 1.165) is 16.7 Å². The number of ether oxygens (including phenoxy) is 2. The van der Waals surface area contributed by atoms with E-state index in [9.17, 15) is 9.59 Å². The Balaban J connectivity index is 1.22. The summed E-state index contributed by atoms with van der Waals surface area (Å²) in [6, 6.07) is 32.5. The summed E-state index contributed by atoms with van der Waals surface area (Å²) in [4.78, 5) is 25.1. The first-order valence-electron chi connectivity index (χ1n) is 12.1. The average Bonchev–Trinajstić information content (AvgIpc) is 2.97. The summed E-state index contributed by atoms with van der Waals surface area (Å²) in [5.41, 5.74) is 8.51. The average molecular weight is 605 g/mol. The molecule has 0 saturated heterocycles. The van der Waals surface area contributed by atoms with Gasteiger partial charge < -0.3 is 9.47 Å². The SMILES string of the molecule is O=C(COc1ccc(-c2ccccc2)cc1)NNC(=S)NC(=O)c1cc(Br)ccc1OCCc1ccccc1. The molecule has 198 valence electrons. The second-order valence-electron chi connectivity index (χ2n) is 8.36. The maximum atomic E-state index is 12.9. The van der Waals surface area contributed by atoms with Gasteiger partial charge in [0, 0.05) is 10.9 Å². The summed E-state index contributed by atoms with van der Waals surface area (Å²) in [6.45, 7) is 0.166. The largest absolute Gasteiger partial charge is 0.492 e. The summed E-state index contributed by atoms with van der Waals surface area (Å²) in [6.07, 6.45) is 0.698. The molecule has 0 aliphatic heterocycles. The number of nitrogens with one attached hydrogen (secondary N) is 3. The number of thiocarbonyl (C=S) groups is 1. The van der Waals surface area contributed by atoms with Gasteiger partial charge in [0.15, 0.2) is 11.7 Å². The normalized spacial score (nSPS) is 10.3. The lowest BCUT2D eigenvalue weighted by molar-refractivity contribution is -0.123. The van der Waals surface area contributed by atoms with Gasteiger partial charge in [-0.05, 0) is 59.2 Å². The number of rotatable bonds is 9. The van der Waals surface area contributed by atoms with Gasteiger partial charge in [0.05, 0.1) is 12.2 Å². The first kappa shape index (κ1) is 27.8. The third-order valence-corrected chi connectivity index (χ3v) is 6.25. The number of carbonyl (C=O) groups is 2. The van der Waals surface area contributed by atoms with Crippen LogP contribution in [-0.2, 0) is 11.2 Å². The molecule has 4 aromatic rings. The third-order valence-electron chi connectivity index (χ3n) is 5.55. The summed E-state index contributed by atoms with van der Waals surface area (Å²) in [5.74, 6) is 0.0268. The standard InChI is InChI=1S/C30H26BrN3O4S/c31-24-13-16-27(37-18-17-21-7-3-1-4-8-21)26(19-24)29(36)32-30(39)34-33-28(35)20-38-25-14-11-23(12-15-25)22-9-5-2-6-10-22/h1-16,19H,17-18,20H2,(H,33,35)(H2,32,34,36,39). The van der Waals surface area contributed by atoms with E-state index in [-0.39, 0.29) is 11.7 Å². The fourth-order valence-electron chi connectivity index (χ4n) is 3.62. The van der Waals surface area contributed by atoms with E-state index in [0.29, 0.717) is 34.6 Å². The van der Waals surface area contributed by atoms with Gasteiger partial charge in [-0.1, -0.05) is 88.7 Å². The quantitative estimate of drug-likeness (QED) is 0.174. The second-order valence-corrected chi connectivity index (χ2v) is 9.68. The van der Waals surface area contributed by atoms with Crippen molar-refractivity contribution in [3.63, 3.8) is 0 Å². The van der Waals surface area contributed by atoms with Crippen molar-refractivity contribution in [2.45, 2.75) is 6.42 Å². The van der Waals surface area contributed by atoms with Crippen LogP contribution in [0.5, 0.6) is 11.5 Å². The molecule has 0 spiro atoms. The molecule has 0 unspecified atom stereocenters. The van der Waals surface area contributed by atoms with Crippen molar-refractivity contribution in [3.05, 3.63) is 119 Å². The van der Waals surface area contributed by atoms with Crippen LogP contribution in [-0.4, -0.2) is 30.1 Å². The van der Waals surface area contributed by atoms with Crippen molar-refractivity contribution in [1.82, 2.24) is 16.2 Å². The maximum Gasteiger partial charge on any atom is 0.276 e. The summed E-state index contributed by atoms with van der Waals surface area (Å²) >= 11 is 8.55. The molecule has 3 N–H and O–H groups in total. The van der Waals surface area contributed by atoms with Gasteiger partial charge in [-0.15, -0.1) is 0 Å². The Morgan fingerprint density at radius 3 is 2.15 bits per heavy atom. The predicted octanol–water partition coefficient (Wildman–Crippen LogP) is 5.45. The first-order valence-corrected chi connectivity index (χ1v) is 13.3. The van der Waals surface area contributed by atoms with E-state index in [1.54, 1.807) is 30.3 Å².